The predicted molar refractivity (Wildman–Crippen MR) is 98.4 cm³/mol. The Morgan fingerprint density at radius 2 is 0.923 bits per heavy atom. The highest BCUT2D eigenvalue weighted by molar-refractivity contribution is 5.75. The Morgan fingerprint density at radius 1 is 0.577 bits per heavy atom. The molecule has 2 aliphatic heterocycles. The van der Waals surface area contributed by atoms with Crippen LogP contribution in [0.3, 0.4) is 0 Å². The van der Waals surface area contributed by atoms with Gasteiger partial charge in [-0.3, -0.25) is 9.59 Å². The molecule has 4 nitrogen and oxygen atoms in total. The molecule has 0 aromatic rings. The Balaban J connectivity index is 1.08. The zero-order valence-corrected chi connectivity index (χ0v) is 16.0. The molecule has 4 aliphatic rings. The summed E-state index contributed by atoms with van der Waals surface area (Å²) in [6.07, 6.45) is 17.7. The summed E-state index contributed by atoms with van der Waals surface area (Å²) in [6.45, 7) is 0. The number of hydrogen-bond acceptors (Lipinski definition) is 4. The monoisotopic (exact) mass is 362 g/mol. The molecule has 0 spiro atoms. The molecule has 0 aromatic carbocycles. The molecule has 146 valence electrons. The number of carbonyl (C=O) groups excluding carboxylic acids is 2. The van der Waals surface area contributed by atoms with Gasteiger partial charge in [-0.05, 0) is 75.0 Å². The zero-order valence-electron chi connectivity index (χ0n) is 16.0. The van der Waals surface area contributed by atoms with Gasteiger partial charge in [0.05, 0.1) is 12.8 Å². The van der Waals surface area contributed by atoms with Crippen molar-refractivity contribution in [3.63, 3.8) is 0 Å². The standard InChI is InChI=1S/C22H34O4/c23-21-13-19(25-21)11-5-15-1-7-17(8-2-15)18-9-3-16(4-10-18)6-12-20-14-22(24)26-20/h15-20H,1-14H2. The number of carbonyl (C=O) groups is 2. The molecule has 26 heavy (non-hydrogen) atoms. The van der Waals surface area contributed by atoms with Gasteiger partial charge in [-0.25, -0.2) is 0 Å². The molecule has 0 aromatic heterocycles. The Bertz CT molecular complexity index is 438. The minimum Gasteiger partial charge on any atom is -0.462 e. The quantitative estimate of drug-likeness (QED) is 0.611. The lowest BCUT2D eigenvalue weighted by Gasteiger charge is -2.38. The van der Waals surface area contributed by atoms with E-state index in [-0.39, 0.29) is 24.1 Å². The summed E-state index contributed by atoms with van der Waals surface area (Å²) in [5, 5.41) is 0. The van der Waals surface area contributed by atoms with Crippen LogP contribution in [-0.4, -0.2) is 24.1 Å². The summed E-state index contributed by atoms with van der Waals surface area (Å²) < 4.78 is 10.3. The summed E-state index contributed by atoms with van der Waals surface area (Å²) in [5.74, 6) is 3.63. The summed E-state index contributed by atoms with van der Waals surface area (Å²) in [6, 6.07) is 0. The molecule has 2 saturated heterocycles. The highest BCUT2D eigenvalue weighted by Crippen LogP contribution is 2.43. The van der Waals surface area contributed by atoms with Crippen molar-refractivity contribution in [3.8, 4) is 0 Å². The van der Waals surface area contributed by atoms with Gasteiger partial charge >= 0.3 is 11.9 Å². The van der Waals surface area contributed by atoms with Crippen LogP contribution in [0.1, 0.15) is 89.9 Å². The van der Waals surface area contributed by atoms with Crippen LogP contribution >= 0.6 is 0 Å². The highest BCUT2D eigenvalue weighted by atomic mass is 16.6. The van der Waals surface area contributed by atoms with Gasteiger partial charge in [0.25, 0.3) is 0 Å². The molecule has 4 rings (SSSR count). The van der Waals surface area contributed by atoms with Crippen LogP contribution in [0.4, 0.5) is 0 Å². The van der Waals surface area contributed by atoms with Gasteiger partial charge in [-0.15, -0.1) is 0 Å². The van der Waals surface area contributed by atoms with E-state index >= 15 is 0 Å². The van der Waals surface area contributed by atoms with Crippen LogP contribution in [0.25, 0.3) is 0 Å². The Morgan fingerprint density at radius 3 is 1.23 bits per heavy atom. The third kappa shape index (κ3) is 4.61. The van der Waals surface area contributed by atoms with Gasteiger partial charge in [0.15, 0.2) is 0 Å². The van der Waals surface area contributed by atoms with Crippen molar-refractivity contribution >= 4 is 11.9 Å². The number of hydrogen-bond donors (Lipinski definition) is 0. The molecule has 0 radical (unpaired) electrons. The lowest BCUT2D eigenvalue weighted by atomic mass is 9.68. The zero-order chi connectivity index (χ0) is 17.9. The maximum atomic E-state index is 10.9. The average Bonchev–Trinajstić information content (AvgIpc) is 2.61. The smallest absolute Gasteiger partial charge is 0.309 e. The SMILES string of the molecule is O=C1CC(CCC2CCC(C3CCC(CCC4CC(=O)O4)CC3)CC2)O1. The summed E-state index contributed by atoms with van der Waals surface area (Å²) in [7, 11) is 0. The van der Waals surface area contributed by atoms with Crippen LogP contribution in [-0.2, 0) is 19.1 Å². The van der Waals surface area contributed by atoms with Crippen molar-refractivity contribution in [2.75, 3.05) is 0 Å². The van der Waals surface area contributed by atoms with E-state index in [9.17, 15) is 9.59 Å². The first-order valence-corrected chi connectivity index (χ1v) is 11.0. The lowest BCUT2D eigenvalue weighted by Crippen LogP contribution is -2.33. The molecule has 2 unspecified atom stereocenters. The Hall–Kier alpha value is -1.06. The van der Waals surface area contributed by atoms with E-state index in [1.54, 1.807) is 0 Å². The molecular weight excluding hydrogens is 328 g/mol. The lowest BCUT2D eigenvalue weighted by molar-refractivity contribution is -0.171. The second-order valence-corrected chi connectivity index (χ2v) is 9.35. The molecule has 0 bridgehead atoms. The van der Waals surface area contributed by atoms with Gasteiger partial charge < -0.3 is 9.47 Å². The van der Waals surface area contributed by atoms with E-state index in [1.807, 2.05) is 0 Å². The molecule has 2 atom stereocenters. The first-order chi connectivity index (χ1) is 12.7. The van der Waals surface area contributed by atoms with Crippen LogP contribution in [0, 0.1) is 23.7 Å². The summed E-state index contributed by atoms with van der Waals surface area (Å²) >= 11 is 0. The molecule has 4 heteroatoms. The summed E-state index contributed by atoms with van der Waals surface area (Å²) in [4.78, 5) is 21.7. The van der Waals surface area contributed by atoms with Gasteiger partial charge in [0, 0.05) is 0 Å². The van der Waals surface area contributed by atoms with E-state index in [0.717, 1.165) is 36.5 Å². The van der Waals surface area contributed by atoms with Crippen molar-refractivity contribution < 1.29 is 19.1 Å². The van der Waals surface area contributed by atoms with E-state index < -0.39 is 0 Å². The molecule has 2 aliphatic carbocycles. The predicted octanol–water partition coefficient (Wildman–Crippen LogP) is 4.79. The van der Waals surface area contributed by atoms with Crippen molar-refractivity contribution in [2.24, 2.45) is 23.7 Å². The van der Waals surface area contributed by atoms with Crippen LogP contribution in [0.5, 0.6) is 0 Å². The second-order valence-electron chi connectivity index (χ2n) is 9.35. The van der Waals surface area contributed by atoms with Crippen molar-refractivity contribution in [3.05, 3.63) is 0 Å². The summed E-state index contributed by atoms with van der Waals surface area (Å²) in [5.41, 5.74) is 0. The topological polar surface area (TPSA) is 52.6 Å². The van der Waals surface area contributed by atoms with Crippen molar-refractivity contribution in [1.29, 1.82) is 0 Å². The van der Waals surface area contributed by atoms with Gasteiger partial charge in [0.2, 0.25) is 0 Å². The largest absolute Gasteiger partial charge is 0.462 e. The number of rotatable bonds is 7. The van der Waals surface area contributed by atoms with E-state index in [2.05, 4.69) is 0 Å². The first-order valence-electron chi connectivity index (χ1n) is 11.0. The van der Waals surface area contributed by atoms with Crippen LogP contribution in [0.15, 0.2) is 0 Å². The van der Waals surface area contributed by atoms with E-state index in [1.165, 1.54) is 64.2 Å². The highest BCUT2D eigenvalue weighted by Gasteiger charge is 2.34. The fourth-order valence-electron chi connectivity index (χ4n) is 5.79. The molecular formula is C22H34O4. The first kappa shape index (κ1) is 18.3. The Kier molecular flexibility index (Phi) is 5.85. The number of cyclic esters (lactones) is 2. The van der Waals surface area contributed by atoms with Crippen molar-refractivity contribution in [1.82, 2.24) is 0 Å². The van der Waals surface area contributed by atoms with E-state index in [4.69, 9.17) is 9.47 Å². The molecule has 0 amide bonds. The fourth-order valence-corrected chi connectivity index (χ4v) is 5.79. The molecule has 2 heterocycles. The van der Waals surface area contributed by atoms with Crippen LogP contribution < -0.4 is 0 Å². The maximum absolute atomic E-state index is 10.9. The van der Waals surface area contributed by atoms with Crippen molar-refractivity contribution in [2.45, 2.75) is 102 Å². The van der Waals surface area contributed by atoms with Gasteiger partial charge in [-0.2, -0.15) is 0 Å². The molecule has 4 fully saturated rings. The minimum absolute atomic E-state index is 0.0111. The Labute approximate surface area is 157 Å². The molecule has 0 N–H and O–H groups in total. The third-order valence-corrected chi connectivity index (χ3v) is 7.63. The van der Waals surface area contributed by atoms with Gasteiger partial charge in [0.1, 0.15) is 12.2 Å². The molecule has 2 saturated carbocycles. The minimum atomic E-state index is -0.0111. The van der Waals surface area contributed by atoms with Gasteiger partial charge in [-0.1, -0.05) is 25.7 Å². The number of ether oxygens (including phenoxy) is 2. The normalized spacial score (nSPS) is 40.2. The van der Waals surface area contributed by atoms with E-state index in [0.29, 0.717) is 12.8 Å². The third-order valence-electron chi connectivity index (χ3n) is 7.63. The average molecular weight is 363 g/mol. The fraction of sp³-hybridized carbons (Fsp3) is 0.909. The number of esters is 2. The second kappa shape index (κ2) is 8.31. The van der Waals surface area contributed by atoms with Crippen LogP contribution in [0.2, 0.25) is 0 Å². The maximum Gasteiger partial charge on any atom is 0.309 e.